The van der Waals surface area contributed by atoms with Crippen LogP contribution in [0.15, 0.2) is 24.3 Å². The monoisotopic (exact) mass is 377 g/mol. The highest BCUT2D eigenvalue weighted by atomic mass is 35.5. The van der Waals surface area contributed by atoms with Gasteiger partial charge in [-0.05, 0) is 37.0 Å². The molecule has 1 spiro atoms. The first-order valence-corrected chi connectivity index (χ1v) is 9.52. The average molecular weight is 378 g/mol. The second kappa shape index (κ2) is 7.66. The summed E-state index contributed by atoms with van der Waals surface area (Å²) in [6.07, 6.45) is 4.10. The van der Waals surface area contributed by atoms with Gasteiger partial charge >= 0.3 is 6.03 Å². The number of carbonyl (C=O) groups excluding carboxylic acids is 3. The van der Waals surface area contributed by atoms with Crippen molar-refractivity contribution in [2.75, 3.05) is 6.54 Å². The number of carbonyl (C=O) groups is 3. The molecule has 3 rings (SSSR count). The van der Waals surface area contributed by atoms with Crippen molar-refractivity contribution in [1.82, 2.24) is 15.5 Å². The van der Waals surface area contributed by atoms with Crippen molar-refractivity contribution in [3.63, 3.8) is 0 Å². The lowest BCUT2D eigenvalue weighted by molar-refractivity contribution is -0.131. The van der Waals surface area contributed by atoms with Gasteiger partial charge in [0.25, 0.3) is 5.91 Å². The fourth-order valence-electron chi connectivity index (χ4n) is 3.79. The average Bonchev–Trinajstić information content (AvgIpc) is 3.18. The highest BCUT2D eigenvalue weighted by Gasteiger charge is 2.52. The molecule has 2 N–H and O–H groups in total. The summed E-state index contributed by atoms with van der Waals surface area (Å²) in [6, 6.07) is 6.86. The van der Waals surface area contributed by atoms with E-state index in [-0.39, 0.29) is 36.9 Å². The molecule has 2 aliphatic rings. The summed E-state index contributed by atoms with van der Waals surface area (Å²) < 4.78 is 0. The van der Waals surface area contributed by atoms with E-state index < -0.39 is 5.54 Å². The summed E-state index contributed by atoms with van der Waals surface area (Å²) in [7, 11) is 0. The second-order valence-corrected chi connectivity index (χ2v) is 7.44. The molecule has 1 saturated heterocycles. The Morgan fingerprint density at radius 2 is 1.92 bits per heavy atom. The number of amides is 4. The van der Waals surface area contributed by atoms with Crippen LogP contribution in [0.1, 0.15) is 57.1 Å². The Morgan fingerprint density at radius 1 is 1.27 bits per heavy atom. The molecule has 1 saturated carbocycles. The Morgan fingerprint density at radius 3 is 2.54 bits per heavy atom. The molecule has 4 amide bonds. The highest BCUT2D eigenvalue weighted by Crippen LogP contribution is 2.35. The zero-order valence-electron chi connectivity index (χ0n) is 14.9. The normalized spacial score (nSPS) is 19.7. The number of urea groups is 1. The van der Waals surface area contributed by atoms with Gasteiger partial charge in [-0.3, -0.25) is 14.5 Å². The number of halogens is 1. The van der Waals surface area contributed by atoms with Gasteiger partial charge in [-0.2, -0.15) is 0 Å². The topological polar surface area (TPSA) is 78.5 Å². The quantitative estimate of drug-likeness (QED) is 0.747. The van der Waals surface area contributed by atoms with Crippen LogP contribution in [-0.2, 0) is 9.59 Å². The summed E-state index contributed by atoms with van der Waals surface area (Å²) >= 11 is 5.90. The van der Waals surface area contributed by atoms with Crippen LogP contribution in [0.3, 0.4) is 0 Å². The second-order valence-electron chi connectivity index (χ2n) is 7.01. The van der Waals surface area contributed by atoms with Crippen LogP contribution < -0.4 is 10.6 Å². The molecule has 1 aromatic carbocycles. The standard InChI is InChI=1S/C19H24ClN3O3/c1-2-15(13-5-7-14(20)8-6-13)21-16(24)9-12-23-17(25)19(22-18(23)26)10-3-4-11-19/h5-8,15H,2-4,9-12H2,1H3,(H,21,24)(H,22,26). The summed E-state index contributed by atoms with van der Waals surface area (Å²) in [5, 5.41) is 6.44. The number of hydrogen-bond acceptors (Lipinski definition) is 3. The Balaban J connectivity index is 1.55. The van der Waals surface area contributed by atoms with Crippen molar-refractivity contribution in [2.45, 2.75) is 57.0 Å². The largest absolute Gasteiger partial charge is 0.349 e. The van der Waals surface area contributed by atoms with Crippen LogP contribution in [0.5, 0.6) is 0 Å². The van der Waals surface area contributed by atoms with Gasteiger partial charge in [0.15, 0.2) is 0 Å². The van der Waals surface area contributed by atoms with Crippen LogP contribution in [0.25, 0.3) is 0 Å². The van der Waals surface area contributed by atoms with Crippen molar-refractivity contribution in [1.29, 1.82) is 0 Å². The molecule has 0 radical (unpaired) electrons. The SMILES string of the molecule is CCC(NC(=O)CCN1C(=O)NC2(CCCC2)C1=O)c1ccc(Cl)cc1. The molecule has 140 valence electrons. The van der Waals surface area contributed by atoms with Gasteiger partial charge in [0.2, 0.25) is 5.91 Å². The maximum atomic E-state index is 12.6. The van der Waals surface area contributed by atoms with Gasteiger partial charge in [-0.1, -0.05) is 43.5 Å². The first-order valence-electron chi connectivity index (χ1n) is 9.14. The molecule has 1 heterocycles. The van der Waals surface area contributed by atoms with Crippen molar-refractivity contribution < 1.29 is 14.4 Å². The van der Waals surface area contributed by atoms with E-state index >= 15 is 0 Å². The Bertz CT molecular complexity index is 698. The minimum absolute atomic E-state index is 0.0966. The van der Waals surface area contributed by atoms with Crippen molar-refractivity contribution in [3.8, 4) is 0 Å². The maximum Gasteiger partial charge on any atom is 0.325 e. The summed E-state index contributed by atoms with van der Waals surface area (Å²) in [5.74, 6) is -0.364. The van der Waals surface area contributed by atoms with Crippen molar-refractivity contribution >= 4 is 29.4 Å². The van der Waals surface area contributed by atoms with E-state index in [9.17, 15) is 14.4 Å². The first-order chi connectivity index (χ1) is 12.4. The lowest BCUT2D eigenvalue weighted by Gasteiger charge is -2.21. The number of imide groups is 1. The van der Waals surface area contributed by atoms with E-state index in [2.05, 4.69) is 10.6 Å². The number of nitrogens with zero attached hydrogens (tertiary/aromatic N) is 1. The summed E-state index contributed by atoms with van der Waals surface area (Å²) in [4.78, 5) is 38.2. The van der Waals surface area contributed by atoms with Crippen LogP contribution in [0, 0.1) is 0 Å². The Hall–Kier alpha value is -2.08. The van der Waals surface area contributed by atoms with Crippen LogP contribution in [-0.4, -0.2) is 34.8 Å². The molecule has 2 fully saturated rings. The molecule has 26 heavy (non-hydrogen) atoms. The number of rotatable bonds is 6. The third-order valence-corrected chi connectivity index (χ3v) is 5.53. The number of benzene rings is 1. The third-order valence-electron chi connectivity index (χ3n) is 5.28. The van der Waals surface area contributed by atoms with Crippen LogP contribution in [0.4, 0.5) is 4.79 Å². The van der Waals surface area contributed by atoms with Crippen LogP contribution in [0.2, 0.25) is 5.02 Å². The lowest BCUT2D eigenvalue weighted by Crippen LogP contribution is -2.44. The first kappa shape index (κ1) is 18.7. The number of nitrogens with one attached hydrogen (secondary N) is 2. The minimum Gasteiger partial charge on any atom is -0.349 e. The molecule has 1 aliphatic carbocycles. The molecule has 7 heteroatoms. The van der Waals surface area contributed by atoms with E-state index in [0.717, 1.165) is 24.8 Å². The molecular formula is C19H24ClN3O3. The highest BCUT2D eigenvalue weighted by molar-refractivity contribution is 6.30. The van der Waals surface area contributed by atoms with Crippen molar-refractivity contribution in [3.05, 3.63) is 34.9 Å². The summed E-state index contributed by atoms with van der Waals surface area (Å²) in [5.41, 5.74) is 0.258. The maximum absolute atomic E-state index is 12.6. The smallest absolute Gasteiger partial charge is 0.325 e. The Labute approximate surface area is 158 Å². The molecule has 1 aliphatic heterocycles. The molecule has 0 bridgehead atoms. The predicted octanol–water partition coefficient (Wildman–Crippen LogP) is 3.16. The molecule has 6 nitrogen and oxygen atoms in total. The minimum atomic E-state index is -0.719. The zero-order chi connectivity index (χ0) is 18.7. The fourth-order valence-corrected chi connectivity index (χ4v) is 3.92. The molecule has 1 aromatic rings. The van der Waals surface area contributed by atoms with E-state index in [4.69, 9.17) is 11.6 Å². The molecule has 1 atom stereocenters. The van der Waals surface area contributed by atoms with Gasteiger partial charge < -0.3 is 10.6 Å². The lowest BCUT2D eigenvalue weighted by atomic mass is 9.98. The zero-order valence-corrected chi connectivity index (χ0v) is 15.6. The molecular weight excluding hydrogens is 354 g/mol. The predicted molar refractivity (Wildman–Crippen MR) is 98.7 cm³/mol. The van der Waals surface area contributed by atoms with Crippen molar-refractivity contribution in [2.24, 2.45) is 0 Å². The Kier molecular flexibility index (Phi) is 5.51. The third kappa shape index (κ3) is 3.70. The molecule has 1 unspecified atom stereocenters. The van der Waals surface area contributed by atoms with Gasteiger partial charge in [-0.15, -0.1) is 0 Å². The van der Waals surface area contributed by atoms with Gasteiger partial charge in [0.05, 0.1) is 6.04 Å². The van der Waals surface area contributed by atoms with E-state index in [0.29, 0.717) is 17.9 Å². The summed E-state index contributed by atoms with van der Waals surface area (Å²) in [6.45, 7) is 2.09. The fraction of sp³-hybridized carbons (Fsp3) is 0.526. The number of hydrogen-bond donors (Lipinski definition) is 2. The molecule has 0 aromatic heterocycles. The van der Waals surface area contributed by atoms with Crippen LogP contribution >= 0.6 is 11.6 Å². The van der Waals surface area contributed by atoms with Gasteiger partial charge in [0, 0.05) is 18.0 Å². The van der Waals surface area contributed by atoms with E-state index in [1.54, 1.807) is 12.1 Å². The van der Waals surface area contributed by atoms with E-state index in [1.807, 2.05) is 19.1 Å². The van der Waals surface area contributed by atoms with Gasteiger partial charge in [-0.25, -0.2) is 4.79 Å². The van der Waals surface area contributed by atoms with Gasteiger partial charge in [0.1, 0.15) is 5.54 Å². The van der Waals surface area contributed by atoms with E-state index in [1.165, 1.54) is 4.90 Å².